The first-order valence-electron chi connectivity index (χ1n) is 9.26. The number of nitrogens with two attached hydrogens (primary N) is 1. The number of nitrogens with one attached hydrogen (secondary N) is 2. The maximum Gasteiger partial charge on any atom is 0.252 e. The lowest BCUT2D eigenvalue weighted by molar-refractivity contribution is -0.113. The summed E-state index contributed by atoms with van der Waals surface area (Å²) in [7, 11) is 1.58. The molecule has 1 fully saturated rings. The van der Waals surface area contributed by atoms with Gasteiger partial charge in [0, 0.05) is 29.2 Å². The smallest absolute Gasteiger partial charge is 0.252 e. The van der Waals surface area contributed by atoms with Crippen molar-refractivity contribution in [3.8, 4) is 5.75 Å². The fraction of sp³-hybridized carbons (Fsp3) is 0.333. The number of ether oxygens (including phenoxy) is 1. The van der Waals surface area contributed by atoms with Crippen LogP contribution >= 0.6 is 11.8 Å². The van der Waals surface area contributed by atoms with Crippen molar-refractivity contribution in [2.75, 3.05) is 24.7 Å². The van der Waals surface area contributed by atoms with Crippen LogP contribution in [0.4, 0.5) is 5.69 Å². The van der Waals surface area contributed by atoms with E-state index in [0.29, 0.717) is 29.5 Å². The van der Waals surface area contributed by atoms with Crippen LogP contribution in [0.1, 0.15) is 23.2 Å². The van der Waals surface area contributed by atoms with Gasteiger partial charge in [-0.3, -0.25) is 9.59 Å². The molecule has 0 bridgehead atoms. The summed E-state index contributed by atoms with van der Waals surface area (Å²) in [4.78, 5) is 25.6. The molecule has 0 heterocycles. The molecule has 0 spiro atoms. The first-order chi connectivity index (χ1) is 13.6. The van der Waals surface area contributed by atoms with E-state index in [0.717, 1.165) is 17.7 Å². The Morgan fingerprint density at radius 3 is 2.75 bits per heavy atom. The molecule has 0 saturated heterocycles. The van der Waals surface area contributed by atoms with E-state index in [1.54, 1.807) is 25.3 Å². The normalized spacial score (nSPS) is 14.2. The lowest BCUT2D eigenvalue weighted by Gasteiger charge is -2.13. The Hall–Kier alpha value is -2.51. The van der Waals surface area contributed by atoms with Crippen LogP contribution in [0.25, 0.3) is 0 Å². The van der Waals surface area contributed by atoms with Crippen molar-refractivity contribution in [3.63, 3.8) is 0 Å². The van der Waals surface area contributed by atoms with Crippen molar-refractivity contribution in [1.82, 2.24) is 5.32 Å². The second-order valence-corrected chi connectivity index (χ2v) is 7.79. The topological polar surface area (TPSA) is 93.4 Å². The molecule has 3 rings (SSSR count). The number of carbonyl (C=O) groups excluding carboxylic acids is 2. The molecule has 28 heavy (non-hydrogen) atoms. The Morgan fingerprint density at radius 2 is 2.00 bits per heavy atom. The molecular formula is C21H25N3O3S. The molecule has 1 unspecified atom stereocenters. The minimum Gasteiger partial charge on any atom is -0.497 e. The first-order valence-corrected chi connectivity index (χ1v) is 10.2. The van der Waals surface area contributed by atoms with Crippen molar-refractivity contribution < 1.29 is 14.3 Å². The van der Waals surface area contributed by atoms with Crippen molar-refractivity contribution in [2.45, 2.75) is 23.8 Å². The average Bonchev–Trinajstić information content (AvgIpc) is 3.56. The summed E-state index contributed by atoms with van der Waals surface area (Å²) in [6.45, 7) is 0.471. The molecule has 2 aromatic rings. The second kappa shape index (κ2) is 9.61. The summed E-state index contributed by atoms with van der Waals surface area (Å²) in [5.41, 5.74) is 7.29. The van der Waals surface area contributed by atoms with Gasteiger partial charge in [-0.15, -0.1) is 11.8 Å². The van der Waals surface area contributed by atoms with E-state index >= 15 is 0 Å². The Balaban J connectivity index is 1.54. The molecule has 0 radical (unpaired) electrons. The molecule has 2 aromatic carbocycles. The van der Waals surface area contributed by atoms with Crippen LogP contribution in [-0.2, 0) is 4.79 Å². The molecule has 0 aliphatic heterocycles. The van der Waals surface area contributed by atoms with Gasteiger partial charge in [-0.25, -0.2) is 0 Å². The molecule has 4 N–H and O–H groups in total. The van der Waals surface area contributed by atoms with Crippen LogP contribution in [0, 0.1) is 5.92 Å². The van der Waals surface area contributed by atoms with Gasteiger partial charge >= 0.3 is 0 Å². The Labute approximate surface area is 169 Å². The highest BCUT2D eigenvalue weighted by atomic mass is 32.2. The summed E-state index contributed by atoms with van der Waals surface area (Å²) in [5.74, 6) is 1.10. The van der Waals surface area contributed by atoms with Gasteiger partial charge in [0.1, 0.15) is 5.75 Å². The van der Waals surface area contributed by atoms with Crippen LogP contribution < -0.4 is 21.1 Å². The summed E-state index contributed by atoms with van der Waals surface area (Å²) in [6.07, 6.45) is 2.29. The minimum absolute atomic E-state index is 0.0115. The van der Waals surface area contributed by atoms with Gasteiger partial charge in [0.05, 0.1) is 18.4 Å². The number of amides is 2. The highest BCUT2D eigenvalue weighted by Gasteiger charge is 2.28. The fourth-order valence-corrected chi connectivity index (χ4v) is 3.67. The number of methoxy groups -OCH3 is 1. The Morgan fingerprint density at radius 1 is 1.21 bits per heavy atom. The number of hydrogen-bond acceptors (Lipinski definition) is 5. The summed E-state index contributed by atoms with van der Waals surface area (Å²) >= 11 is 1.33. The van der Waals surface area contributed by atoms with Crippen LogP contribution in [0.15, 0.2) is 53.4 Å². The third-order valence-corrected chi connectivity index (χ3v) is 5.64. The van der Waals surface area contributed by atoms with Gasteiger partial charge < -0.3 is 21.1 Å². The van der Waals surface area contributed by atoms with Gasteiger partial charge in [0.2, 0.25) is 5.91 Å². The van der Waals surface area contributed by atoms with Gasteiger partial charge in [-0.05, 0) is 43.0 Å². The number of benzene rings is 2. The highest BCUT2D eigenvalue weighted by Crippen LogP contribution is 2.31. The number of carbonyl (C=O) groups is 2. The molecule has 2 amide bonds. The maximum atomic E-state index is 12.5. The van der Waals surface area contributed by atoms with Crippen molar-refractivity contribution in [1.29, 1.82) is 0 Å². The Bertz CT molecular complexity index is 839. The molecule has 1 aliphatic carbocycles. The zero-order valence-electron chi connectivity index (χ0n) is 15.8. The summed E-state index contributed by atoms with van der Waals surface area (Å²) in [5, 5.41) is 5.75. The van der Waals surface area contributed by atoms with E-state index in [1.165, 1.54) is 11.8 Å². The van der Waals surface area contributed by atoms with E-state index in [9.17, 15) is 9.59 Å². The van der Waals surface area contributed by atoms with Crippen LogP contribution in [-0.4, -0.2) is 37.3 Å². The standard InChI is InChI=1S/C21H25N3O3S/c1-27-16-6-4-5-15(11-16)24-20(25)13-28-19-8-3-2-7-17(19)21(26)23-12-18(22)14-9-10-14/h2-8,11,14,18H,9-10,12-13,22H2,1H3,(H,23,26)(H,24,25). The van der Waals surface area contributed by atoms with Crippen LogP contribution in [0.5, 0.6) is 5.75 Å². The van der Waals surface area contributed by atoms with Crippen molar-refractivity contribution in [2.24, 2.45) is 11.7 Å². The predicted octanol–water partition coefficient (Wildman–Crippen LogP) is 2.89. The number of thioether (sulfide) groups is 1. The summed E-state index contributed by atoms with van der Waals surface area (Å²) < 4.78 is 5.16. The molecule has 148 valence electrons. The first kappa shape index (κ1) is 20.2. The van der Waals surface area contributed by atoms with Gasteiger partial charge in [-0.2, -0.15) is 0 Å². The maximum absolute atomic E-state index is 12.5. The lowest BCUT2D eigenvalue weighted by atomic mass is 10.2. The molecule has 6 nitrogen and oxygen atoms in total. The molecule has 0 aromatic heterocycles. The number of anilines is 1. The molecule has 7 heteroatoms. The zero-order valence-corrected chi connectivity index (χ0v) is 16.6. The molecule has 1 aliphatic rings. The lowest BCUT2D eigenvalue weighted by Crippen LogP contribution is -2.38. The van der Waals surface area contributed by atoms with Crippen molar-refractivity contribution >= 4 is 29.3 Å². The van der Waals surface area contributed by atoms with E-state index in [1.807, 2.05) is 30.3 Å². The van der Waals surface area contributed by atoms with Crippen LogP contribution in [0.2, 0.25) is 0 Å². The zero-order chi connectivity index (χ0) is 19.9. The van der Waals surface area contributed by atoms with Gasteiger partial charge in [0.15, 0.2) is 0 Å². The average molecular weight is 400 g/mol. The van der Waals surface area contributed by atoms with E-state index < -0.39 is 0 Å². The number of rotatable bonds is 9. The van der Waals surface area contributed by atoms with E-state index in [4.69, 9.17) is 10.5 Å². The second-order valence-electron chi connectivity index (χ2n) is 6.78. The van der Waals surface area contributed by atoms with Crippen LogP contribution in [0.3, 0.4) is 0 Å². The number of hydrogen-bond donors (Lipinski definition) is 3. The predicted molar refractivity (Wildman–Crippen MR) is 112 cm³/mol. The van der Waals surface area contributed by atoms with Crippen molar-refractivity contribution in [3.05, 3.63) is 54.1 Å². The van der Waals surface area contributed by atoms with E-state index in [-0.39, 0.29) is 23.6 Å². The molecule has 1 saturated carbocycles. The molecular weight excluding hydrogens is 374 g/mol. The summed E-state index contributed by atoms with van der Waals surface area (Å²) in [6, 6.07) is 14.5. The monoisotopic (exact) mass is 399 g/mol. The third kappa shape index (κ3) is 5.74. The van der Waals surface area contributed by atoms with E-state index in [2.05, 4.69) is 10.6 Å². The highest BCUT2D eigenvalue weighted by molar-refractivity contribution is 8.00. The Kier molecular flexibility index (Phi) is 6.95. The SMILES string of the molecule is COc1cccc(NC(=O)CSc2ccccc2C(=O)NCC(N)C2CC2)c1. The third-order valence-electron chi connectivity index (χ3n) is 4.57. The molecule has 1 atom stereocenters. The largest absolute Gasteiger partial charge is 0.497 e. The van der Waals surface area contributed by atoms with Gasteiger partial charge in [0.25, 0.3) is 5.91 Å². The fourth-order valence-electron chi connectivity index (χ4n) is 2.82. The quantitative estimate of drug-likeness (QED) is 0.564. The van der Waals surface area contributed by atoms with Gasteiger partial charge in [-0.1, -0.05) is 18.2 Å². The minimum atomic E-state index is -0.160.